The van der Waals surface area contributed by atoms with E-state index in [1.165, 1.54) is 13.5 Å². The van der Waals surface area contributed by atoms with Crippen LogP contribution in [0.15, 0.2) is 103 Å². The Morgan fingerprint density at radius 2 is 1.61 bits per heavy atom. The monoisotopic (exact) mass is 770 g/mol. The van der Waals surface area contributed by atoms with Gasteiger partial charge in [0.1, 0.15) is 5.75 Å². The minimum atomic E-state index is -3.55. The number of nitrogens with zero attached hydrogens (tertiary/aromatic N) is 3. The van der Waals surface area contributed by atoms with E-state index in [9.17, 15) is 13.2 Å². The van der Waals surface area contributed by atoms with Crippen molar-refractivity contribution in [3.05, 3.63) is 136 Å². The van der Waals surface area contributed by atoms with Crippen LogP contribution in [0.3, 0.4) is 0 Å². The predicted octanol–water partition coefficient (Wildman–Crippen LogP) is 7.22. The van der Waals surface area contributed by atoms with Gasteiger partial charge in [0.2, 0.25) is 10.0 Å². The van der Waals surface area contributed by atoms with Crippen LogP contribution in [0.25, 0.3) is 10.9 Å². The van der Waals surface area contributed by atoms with Crippen LogP contribution in [0, 0.1) is 0 Å². The second kappa shape index (κ2) is 18.4. The molecule has 9 nitrogen and oxygen atoms in total. The van der Waals surface area contributed by atoms with E-state index in [4.69, 9.17) is 21.1 Å². The van der Waals surface area contributed by atoms with E-state index in [0.717, 1.165) is 59.2 Å². The van der Waals surface area contributed by atoms with Crippen LogP contribution >= 0.6 is 11.6 Å². The minimum absolute atomic E-state index is 0.0572. The summed E-state index contributed by atoms with van der Waals surface area (Å²) >= 11 is 6.67. The number of esters is 1. The summed E-state index contributed by atoms with van der Waals surface area (Å²) in [5, 5.41) is 1.62. The predicted molar refractivity (Wildman–Crippen MR) is 217 cm³/mol. The van der Waals surface area contributed by atoms with E-state index in [-0.39, 0.29) is 18.3 Å². The molecule has 5 aromatic rings. The second-order valence-corrected chi connectivity index (χ2v) is 16.6. The number of aromatic nitrogens is 1. The third-order valence-electron chi connectivity index (χ3n) is 10.2. The van der Waals surface area contributed by atoms with Crippen molar-refractivity contribution in [3.8, 4) is 5.75 Å². The number of halogens is 1. The molecule has 0 aliphatic carbocycles. The van der Waals surface area contributed by atoms with E-state index in [1.807, 2.05) is 48.5 Å². The normalized spacial score (nSPS) is 15.3. The van der Waals surface area contributed by atoms with Crippen molar-refractivity contribution in [3.63, 3.8) is 0 Å². The summed E-state index contributed by atoms with van der Waals surface area (Å²) in [6.07, 6.45) is 4.37. The Labute approximate surface area is 324 Å². The molecule has 286 valence electrons. The number of nitrogens with one attached hydrogen (secondary N) is 1. The molecule has 0 amide bonds. The average molecular weight is 771 g/mol. The molecule has 0 spiro atoms. The number of rotatable bonds is 17. The highest BCUT2D eigenvalue weighted by molar-refractivity contribution is 7.89. The molecule has 4 aromatic carbocycles. The number of carbonyl (C=O) groups is 1. The molecule has 2 heterocycles. The molecule has 6 rings (SSSR count). The number of likely N-dealkylation sites (tertiary alicyclic amines) is 1. The van der Waals surface area contributed by atoms with Gasteiger partial charge >= 0.3 is 5.97 Å². The van der Waals surface area contributed by atoms with Crippen molar-refractivity contribution in [2.75, 3.05) is 59.7 Å². The molecule has 1 atom stereocenters. The second-order valence-electron chi connectivity index (χ2n) is 14.2. The van der Waals surface area contributed by atoms with Gasteiger partial charge in [0.05, 0.1) is 31.1 Å². The summed E-state index contributed by atoms with van der Waals surface area (Å²) in [7, 11) is 1.95. The van der Waals surface area contributed by atoms with Crippen molar-refractivity contribution < 1.29 is 22.7 Å². The molecule has 1 aliphatic heterocycles. The number of piperidine rings is 1. The first-order valence-corrected chi connectivity index (χ1v) is 20.7. The number of ether oxygens (including phenoxy) is 2. The molecule has 0 saturated carbocycles. The Morgan fingerprint density at radius 3 is 2.26 bits per heavy atom. The maximum Gasteiger partial charge on any atom is 0.337 e. The lowest BCUT2D eigenvalue weighted by molar-refractivity contribution is 0.0600. The van der Waals surface area contributed by atoms with Crippen LogP contribution in [0.5, 0.6) is 5.75 Å². The molecule has 1 aliphatic rings. The maximum absolute atomic E-state index is 13.5. The van der Waals surface area contributed by atoms with Gasteiger partial charge in [-0.3, -0.25) is 4.90 Å². The van der Waals surface area contributed by atoms with Crippen LogP contribution in [0.2, 0.25) is 5.02 Å². The average Bonchev–Trinajstić information content (AvgIpc) is 3.46. The van der Waals surface area contributed by atoms with E-state index in [0.29, 0.717) is 48.4 Å². The molecule has 1 fully saturated rings. The Balaban J connectivity index is 1.32. The minimum Gasteiger partial charge on any atom is -0.493 e. The van der Waals surface area contributed by atoms with Crippen molar-refractivity contribution in [1.82, 2.24) is 19.1 Å². The molecular formula is C43H51ClN4O5S. The van der Waals surface area contributed by atoms with Gasteiger partial charge in [0.25, 0.3) is 0 Å². The highest BCUT2D eigenvalue weighted by atomic mass is 35.5. The van der Waals surface area contributed by atoms with Crippen LogP contribution in [0.4, 0.5) is 0 Å². The number of hydrogen-bond acceptors (Lipinski definition) is 7. The molecule has 1 aromatic heterocycles. The zero-order valence-electron chi connectivity index (χ0n) is 31.4. The van der Waals surface area contributed by atoms with E-state index in [2.05, 4.69) is 63.5 Å². The largest absolute Gasteiger partial charge is 0.493 e. The molecule has 11 heteroatoms. The van der Waals surface area contributed by atoms with Crippen molar-refractivity contribution in [1.29, 1.82) is 0 Å². The first kappa shape index (κ1) is 39.5. The van der Waals surface area contributed by atoms with Gasteiger partial charge in [-0.05, 0) is 92.6 Å². The lowest BCUT2D eigenvalue weighted by atomic mass is 9.97. The number of benzene rings is 4. The molecule has 0 bridgehead atoms. The molecule has 0 radical (unpaired) electrons. The van der Waals surface area contributed by atoms with Gasteiger partial charge in [-0.15, -0.1) is 0 Å². The van der Waals surface area contributed by atoms with Gasteiger partial charge in [-0.2, -0.15) is 0 Å². The highest BCUT2D eigenvalue weighted by Gasteiger charge is 2.27. The summed E-state index contributed by atoms with van der Waals surface area (Å²) in [6.45, 7) is 2.97. The van der Waals surface area contributed by atoms with E-state index >= 15 is 0 Å². The van der Waals surface area contributed by atoms with Crippen molar-refractivity contribution in [2.45, 2.75) is 44.2 Å². The Kier molecular flexibility index (Phi) is 13.5. The molecular weight excluding hydrogens is 720 g/mol. The smallest absolute Gasteiger partial charge is 0.337 e. The van der Waals surface area contributed by atoms with Crippen LogP contribution in [-0.2, 0) is 27.6 Å². The van der Waals surface area contributed by atoms with Gasteiger partial charge in [0.15, 0.2) is 0 Å². The zero-order chi connectivity index (χ0) is 38.1. The topological polar surface area (TPSA) is 93.1 Å². The number of methoxy groups -OCH3 is 1. The third kappa shape index (κ3) is 9.91. The van der Waals surface area contributed by atoms with Gasteiger partial charge in [0, 0.05) is 60.1 Å². The van der Waals surface area contributed by atoms with Crippen LogP contribution < -0.4 is 9.46 Å². The fraction of sp³-hybridized carbons (Fsp3) is 0.372. The SMILES string of the molecule is COC(=O)c1ccc(OCCc2c(CCNS(=O)(=O)CCN3CCCCC3CN(C)C)n(C(c3ccccc3)c3ccccc3)c3ccc(Cl)cc23)cc1. The van der Waals surface area contributed by atoms with E-state index < -0.39 is 16.0 Å². The Hall–Kier alpha value is -4.19. The Bertz CT molecular complexity index is 2050. The fourth-order valence-corrected chi connectivity index (χ4v) is 8.91. The van der Waals surface area contributed by atoms with Gasteiger partial charge in [-0.1, -0.05) is 78.7 Å². The summed E-state index contributed by atoms with van der Waals surface area (Å²) in [5.41, 5.74) is 5.74. The molecule has 1 N–H and O–H groups in total. The first-order chi connectivity index (χ1) is 26.1. The lowest BCUT2D eigenvalue weighted by Gasteiger charge is -2.37. The van der Waals surface area contributed by atoms with Crippen LogP contribution in [0.1, 0.15) is 58.0 Å². The lowest BCUT2D eigenvalue weighted by Crippen LogP contribution is -2.47. The first-order valence-electron chi connectivity index (χ1n) is 18.7. The van der Waals surface area contributed by atoms with Crippen LogP contribution in [-0.4, -0.2) is 94.5 Å². The highest BCUT2D eigenvalue weighted by Crippen LogP contribution is 2.38. The van der Waals surface area contributed by atoms with Crippen molar-refractivity contribution >= 4 is 38.5 Å². The summed E-state index contributed by atoms with van der Waals surface area (Å²) in [4.78, 5) is 16.5. The molecule has 1 unspecified atom stereocenters. The maximum atomic E-state index is 13.5. The standard InChI is InChI=1S/C43H51ClN4O5S/c1-46(2)31-36-16-10-11-26-47(36)27-29-54(50,51)45-25-23-41-38(24-28-53-37-20-17-34(18-21-37)43(49)52-3)39-30-35(44)19-22-40(39)48(41)42(32-12-6-4-7-13-32)33-14-8-5-9-15-33/h4-9,12-15,17-22,30,36,42,45H,10-11,16,23-29,31H2,1-3H3. The number of hydrogen-bond donors (Lipinski definition) is 1. The zero-order valence-corrected chi connectivity index (χ0v) is 33.0. The Morgan fingerprint density at radius 1 is 0.926 bits per heavy atom. The van der Waals surface area contributed by atoms with Gasteiger partial charge < -0.3 is 18.9 Å². The third-order valence-corrected chi connectivity index (χ3v) is 11.8. The summed E-state index contributed by atoms with van der Waals surface area (Å²) in [5.74, 6) is 0.284. The van der Waals surface area contributed by atoms with E-state index in [1.54, 1.807) is 24.3 Å². The molecule has 54 heavy (non-hydrogen) atoms. The number of sulfonamides is 1. The number of likely N-dealkylation sites (N-methyl/N-ethyl adjacent to an activating group) is 1. The fourth-order valence-electron chi connectivity index (χ4n) is 7.71. The van der Waals surface area contributed by atoms with Gasteiger partial charge in [-0.25, -0.2) is 17.9 Å². The molecule has 1 saturated heterocycles. The number of fused-ring (bicyclic) bond motifs is 1. The summed E-state index contributed by atoms with van der Waals surface area (Å²) in [6, 6.07) is 33.8. The number of carbonyl (C=O) groups excluding carboxylic acids is 1. The quantitative estimate of drug-likeness (QED) is 0.1000. The van der Waals surface area contributed by atoms with Crippen molar-refractivity contribution in [2.24, 2.45) is 0 Å². The summed E-state index contributed by atoms with van der Waals surface area (Å²) < 4.78 is 43.5.